The number of aliphatic imine (C=N–C) groups is 1. The second kappa shape index (κ2) is 10.7. The van der Waals surface area contributed by atoms with Crippen LogP contribution in [0.2, 0.25) is 0 Å². The van der Waals surface area contributed by atoms with Crippen molar-refractivity contribution in [3.63, 3.8) is 0 Å². The van der Waals surface area contributed by atoms with Crippen LogP contribution in [-0.4, -0.2) is 43.8 Å². The Morgan fingerprint density at radius 3 is 2.55 bits per heavy atom. The highest BCUT2D eigenvalue weighted by atomic mass is 127. The average Bonchev–Trinajstić information content (AvgIpc) is 3.21. The number of fused-ring (bicyclic) bond motifs is 1. The largest absolute Gasteiger partial charge is 0.454 e. The second-order valence-electron chi connectivity index (χ2n) is 7.29. The lowest BCUT2D eigenvalue weighted by Crippen LogP contribution is -2.48. The molecular weight excluding hydrogens is 479 g/mol. The van der Waals surface area contributed by atoms with Crippen molar-refractivity contribution in [2.24, 2.45) is 4.99 Å². The molecule has 0 atom stereocenters. The molecule has 7 heteroatoms. The summed E-state index contributed by atoms with van der Waals surface area (Å²) in [5.41, 5.74) is 2.53. The van der Waals surface area contributed by atoms with E-state index < -0.39 is 0 Å². The van der Waals surface area contributed by atoms with Gasteiger partial charge < -0.3 is 20.1 Å². The molecule has 0 aliphatic carbocycles. The zero-order valence-corrected chi connectivity index (χ0v) is 19.1. The molecule has 0 bridgehead atoms. The van der Waals surface area contributed by atoms with Gasteiger partial charge >= 0.3 is 0 Å². The molecule has 2 aromatic rings. The van der Waals surface area contributed by atoms with Gasteiger partial charge in [0.05, 0.1) is 0 Å². The van der Waals surface area contributed by atoms with E-state index in [0.717, 1.165) is 55.5 Å². The Morgan fingerprint density at radius 2 is 1.79 bits per heavy atom. The minimum Gasteiger partial charge on any atom is -0.454 e. The fraction of sp³-hybridized carbons (Fsp3) is 0.409. The first-order valence-electron chi connectivity index (χ1n) is 9.92. The number of piperidine rings is 1. The first-order valence-corrected chi connectivity index (χ1v) is 9.92. The van der Waals surface area contributed by atoms with Crippen molar-refractivity contribution < 1.29 is 9.47 Å². The van der Waals surface area contributed by atoms with Gasteiger partial charge in [0.1, 0.15) is 0 Å². The van der Waals surface area contributed by atoms with E-state index in [1.165, 1.54) is 5.56 Å². The quantitative estimate of drug-likeness (QED) is 0.369. The van der Waals surface area contributed by atoms with Crippen LogP contribution in [-0.2, 0) is 13.1 Å². The van der Waals surface area contributed by atoms with Gasteiger partial charge in [-0.3, -0.25) is 9.89 Å². The summed E-state index contributed by atoms with van der Waals surface area (Å²) in [4.78, 5) is 6.91. The first-order chi connectivity index (χ1) is 13.8. The molecule has 0 amide bonds. The molecule has 2 aromatic carbocycles. The average molecular weight is 508 g/mol. The Labute approximate surface area is 189 Å². The number of benzene rings is 2. The summed E-state index contributed by atoms with van der Waals surface area (Å²) in [5.74, 6) is 2.47. The third-order valence-electron chi connectivity index (χ3n) is 5.30. The Morgan fingerprint density at radius 1 is 1.03 bits per heavy atom. The number of guanidine groups is 1. The van der Waals surface area contributed by atoms with E-state index in [1.807, 2.05) is 19.2 Å². The number of halogens is 1. The predicted octanol–water partition coefficient (Wildman–Crippen LogP) is 3.36. The van der Waals surface area contributed by atoms with Gasteiger partial charge in [0, 0.05) is 39.3 Å². The van der Waals surface area contributed by atoms with Gasteiger partial charge in [0.15, 0.2) is 17.5 Å². The van der Waals surface area contributed by atoms with E-state index in [4.69, 9.17) is 9.47 Å². The zero-order chi connectivity index (χ0) is 19.2. The summed E-state index contributed by atoms with van der Waals surface area (Å²) in [5, 5.41) is 6.97. The third-order valence-corrected chi connectivity index (χ3v) is 5.30. The lowest BCUT2D eigenvalue weighted by Gasteiger charge is -2.33. The Hall–Kier alpha value is -2.00. The van der Waals surface area contributed by atoms with Crippen LogP contribution < -0.4 is 20.1 Å². The highest BCUT2D eigenvalue weighted by Gasteiger charge is 2.20. The lowest BCUT2D eigenvalue weighted by molar-refractivity contribution is 0.174. The van der Waals surface area contributed by atoms with Crippen molar-refractivity contribution >= 4 is 29.9 Å². The summed E-state index contributed by atoms with van der Waals surface area (Å²) in [7, 11) is 1.82. The fourth-order valence-electron chi connectivity index (χ4n) is 3.70. The van der Waals surface area contributed by atoms with Crippen LogP contribution in [0.15, 0.2) is 53.5 Å². The normalized spacial score (nSPS) is 16.9. The SMILES string of the molecule is CN=C(NCc1ccc2c(c1)OCO2)NC1CCN(Cc2ccccc2)CC1.I. The first kappa shape index (κ1) is 21.7. The molecule has 6 nitrogen and oxygen atoms in total. The van der Waals surface area contributed by atoms with Crippen LogP contribution in [0.25, 0.3) is 0 Å². The van der Waals surface area contributed by atoms with E-state index in [1.54, 1.807) is 0 Å². The fourth-order valence-corrected chi connectivity index (χ4v) is 3.70. The van der Waals surface area contributed by atoms with Gasteiger partial charge in [0.2, 0.25) is 6.79 Å². The molecule has 0 unspecified atom stereocenters. The highest BCUT2D eigenvalue weighted by molar-refractivity contribution is 14.0. The molecule has 2 N–H and O–H groups in total. The van der Waals surface area contributed by atoms with Crippen molar-refractivity contribution in [1.29, 1.82) is 0 Å². The highest BCUT2D eigenvalue weighted by Crippen LogP contribution is 2.32. The monoisotopic (exact) mass is 508 g/mol. The summed E-state index contributed by atoms with van der Waals surface area (Å²) in [6.07, 6.45) is 2.25. The number of ether oxygens (including phenoxy) is 2. The van der Waals surface area contributed by atoms with Gasteiger partial charge in [-0.25, -0.2) is 0 Å². The lowest BCUT2D eigenvalue weighted by atomic mass is 10.0. The summed E-state index contributed by atoms with van der Waals surface area (Å²) in [6.45, 7) is 4.24. The van der Waals surface area contributed by atoms with Crippen molar-refractivity contribution in [1.82, 2.24) is 15.5 Å². The molecule has 0 aromatic heterocycles. The minimum atomic E-state index is 0. The molecule has 0 saturated carbocycles. The van der Waals surface area contributed by atoms with E-state index in [2.05, 4.69) is 56.9 Å². The Bertz CT molecular complexity index is 808. The number of hydrogen-bond acceptors (Lipinski definition) is 4. The molecule has 1 fully saturated rings. The minimum absolute atomic E-state index is 0. The number of nitrogens with zero attached hydrogens (tertiary/aromatic N) is 2. The molecule has 2 heterocycles. The Kier molecular flexibility index (Phi) is 8.00. The van der Waals surface area contributed by atoms with E-state index in [9.17, 15) is 0 Å². The van der Waals surface area contributed by atoms with Crippen molar-refractivity contribution in [3.8, 4) is 11.5 Å². The van der Waals surface area contributed by atoms with Gasteiger partial charge in [-0.1, -0.05) is 36.4 Å². The molecule has 0 spiro atoms. The molecular formula is C22H29IN4O2. The van der Waals surface area contributed by atoms with E-state index >= 15 is 0 Å². The smallest absolute Gasteiger partial charge is 0.231 e. The van der Waals surface area contributed by atoms with Crippen molar-refractivity contribution in [2.45, 2.75) is 32.0 Å². The van der Waals surface area contributed by atoms with Crippen molar-refractivity contribution in [3.05, 3.63) is 59.7 Å². The van der Waals surface area contributed by atoms with Crippen LogP contribution in [0.3, 0.4) is 0 Å². The van der Waals surface area contributed by atoms with Crippen LogP contribution in [0, 0.1) is 0 Å². The molecule has 2 aliphatic heterocycles. The third kappa shape index (κ3) is 5.99. The van der Waals surface area contributed by atoms with Crippen LogP contribution in [0.5, 0.6) is 11.5 Å². The van der Waals surface area contributed by atoms with Gasteiger partial charge in [-0.2, -0.15) is 0 Å². The van der Waals surface area contributed by atoms with Crippen LogP contribution in [0.1, 0.15) is 24.0 Å². The molecule has 4 rings (SSSR count). The van der Waals surface area contributed by atoms with E-state index in [0.29, 0.717) is 19.4 Å². The standard InChI is InChI=1S/C22H28N4O2.HI/c1-23-22(24-14-18-7-8-20-21(13-18)28-16-27-20)25-19-9-11-26(12-10-19)15-17-5-3-2-4-6-17;/h2-8,13,19H,9-12,14-16H2,1H3,(H2,23,24,25);1H. The van der Waals surface area contributed by atoms with E-state index in [-0.39, 0.29) is 24.0 Å². The predicted molar refractivity (Wildman–Crippen MR) is 126 cm³/mol. The van der Waals surface area contributed by atoms with Crippen molar-refractivity contribution in [2.75, 3.05) is 26.9 Å². The molecule has 0 radical (unpaired) electrons. The maximum absolute atomic E-state index is 5.45. The maximum Gasteiger partial charge on any atom is 0.231 e. The van der Waals surface area contributed by atoms with Gasteiger partial charge in [-0.15, -0.1) is 24.0 Å². The number of rotatable bonds is 5. The topological polar surface area (TPSA) is 58.1 Å². The summed E-state index contributed by atoms with van der Waals surface area (Å²) >= 11 is 0. The summed E-state index contributed by atoms with van der Waals surface area (Å²) < 4.78 is 10.8. The Balaban J connectivity index is 0.00000240. The molecule has 156 valence electrons. The summed E-state index contributed by atoms with van der Waals surface area (Å²) in [6, 6.07) is 17.2. The molecule has 29 heavy (non-hydrogen) atoms. The second-order valence-corrected chi connectivity index (χ2v) is 7.29. The van der Waals surface area contributed by atoms with Crippen LogP contribution in [0.4, 0.5) is 0 Å². The number of likely N-dealkylation sites (tertiary alicyclic amines) is 1. The van der Waals surface area contributed by atoms with Gasteiger partial charge in [0.25, 0.3) is 0 Å². The van der Waals surface area contributed by atoms with Gasteiger partial charge in [-0.05, 0) is 36.1 Å². The number of nitrogens with one attached hydrogen (secondary N) is 2. The number of hydrogen-bond donors (Lipinski definition) is 2. The maximum atomic E-state index is 5.45. The van der Waals surface area contributed by atoms with Crippen LogP contribution >= 0.6 is 24.0 Å². The molecule has 2 aliphatic rings. The molecule has 1 saturated heterocycles. The zero-order valence-electron chi connectivity index (χ0n) is 16.8.